The Morgan fingerprint density at radius 2 is 2.38 bits per heavy atom. The first kappa shape index (κ1) is 7.52. The van der Waals surface area contributed by atoms with Crippen molar-refractivity contribution in [2.24, 2.45) is 0 Å². The summed E-state index contributed by atoms with van der Waals surface area (Å²) in [6.45, 7) is 0. The molecule has 0 spiro atoms. The van der Waals surface area contributed by atoms with E-state index in [1.54, 1.807) is 0 Å². The lowest BCUT2D eigenvalue weighted by Gasteiger charge is -1.85. The Morgan fingerprint density at radius 3 is 2.75 bits per heavy atom. The summed E-state index contributed by atoms with van der Waals surface area (Å²) in [7, 11) is 0. The molecule has 2 heteroatoms. The molecule has 0 heterocycles. The third-order valence-corrected chi connectivity index (χ3v) is 0.995. The molecule has 1 nitrogen and oxygen atoms in total. The largest absolute Gasteiger partial charge is 0.298 e. The van der Waals surface area contributed by atoms with Crippen LogP contribution in [0.15, 0.2) is 0 Å². The molecule has 0 N–H and O–H groups in total. The van der Waals surface area contributed by atoms with Gasteiger partial charge >= 0.3 is 0 Å². The van der Waals surface area contributed by atoms with Gasteiger partial charge in [0.2, 0.25) is 0 Å². The van der Waals surface area contributed by atoms with Crippen molar-refractivity contribution in [1.29, 1.82) is 0 Å². The van der Waals surface area contributed by atoms with E-state index in [1.165, 1.54) is 0 Å². The molecule has 0 aromatic rings. The molecule has 8 heavy (non-hydrogen) atoms. The van der Waals surface area contributed by atoms with E-state index >= 15 is 0 Å². The number of hydrogen-bond donors (Lipinski definition) is 0. The molecule has 0 aliphatic rings. The van der Waals surface area contributed by atoms with Crippen molar-refractivity contribution in [3.63, 3.8) is 0 Å². The lowest BCUT2D eigenvalue weighted by atomic mass is 10.2. The summed E-state index contributed by atoms with van der Waals surface area (Å²) in [6, 6.07) is 0. The van der Waals surface area contributed by atoms with Crippen LogP contribution < -0.4 is 0 Å². The Hall–Kier alpha value is -0.480. The van der Waals surface area contributed by atoms with Gasteiger partial charge in [-0.1, -0.05) is 0 Å². The second-order valence-electron chi connectivity index (χ2n) is 1.38. The number of Topliss-reactive ketones (excluding diaryl/α,β-unsaturated/α-hetero) is 1. The summed E-state index contributed by atoms with van der Waals surface area (Å²) >= 11 is 5.17. The molecular formula is C6H7ClO. The van der Waals surface area contributed by atoms with Gasteiger partial charge in [-0.3, -0.25) is 4.79 Å². The second-order valence-corrected chi connectivity index (χ2v) is 1.64. The average Bonchev–Trinajstić information content (AvgIpc) is 1.83. The van der Waals surface area contributed by atoms with Gasteiger partial charge in [0.25, 0.3) is 0 Å². The van der Waals surface area contributed by atoms with Crippen LogP contribution in [-0.2, 0) is 4.79 Å². The van der Waals surface area contributed by atoms with Gasteiger partial charge in [0.1, 0.15) is 5.78 Å². The Kier molecular flexibility index (Phi) is 4.39. The molecule has 0 aliphatic carbocycles. The molecule has 0 aliphatic heterocycles. The Labute approximate surface area is 54.0 Å². The molecule has 0 saturated heterocycles. The van der Waals surface area contributed by atoms with Crippen LogP contribution in [0.4, 0.5) is 0 Å². The first-order chi connectivity index (χ1) is 3.81. The van der Waals surface area contributed by atoms with Gasteiger partial charge in [-0.15, -0.1) is 23.9 Å². The minimum absolute atomic E-state index is 0.0182. The van der Waals surface area contributed by atoms with E-state index in [2.05, 4.69) is 5.92 Å². The van der Waals surface area contributed by atoms with Crippen molar-refractivity contribution < 1.29 is 4.79 Å². The number of carbonyl (C=O) groups excluding carboxylic acids is 1. The lowest BCUT2D eigenvalue weighted by Crippen LogP contribution is -1.96. The molecular weight excluding hydrogens is 124 g/mol. The minimum atomic E-state index is 0.0182. The van der Waals surface area contributed by atoms with E-state index in [9.17, 15) is 4.79 Å². The van der Waals surface area contributed by atoms with E-state index in [-0.39, 0.29) is 11.7 Å². The summed E-state index contributed by atoms with van der Waals surface area (Å²) in [4.78, 5) is 10.3. The Balaban J connectivity index is 3.15. The van der Waals surface area contributed by atoms with E-state index in [4.69, 9.17) is 18.0 Å². The topological polar surface area (TPSA) is 17.1 Å². The number of alkyl halides is 1. The molecule has 0 atom stereocenters. The average molecular weight is 131 g/mol. The van der Waals surface area contributed by atoms with Crippen molar-refractivity contribution in [3.8, 4) is 12.3 Å². The summed E-state index contributed by atoms with van der Waals surface area (Å²) in [5.74, 6) is 2.46. The maximum absolute atomic E-state index is 10.3. The molecule has 0 aromatic carbocycles. The van der Waals surface area contributed by atoms with Crippen LogP contribution in [-0.4, -0.2) is 11.7 Å². The van der Waals surface area contributed by atoms with Gasteiger partial charge in [-0.25, -0.2) is 0 Å². The van der Waals surface area contributed by atoms with Crippen LogP contribution in [0.25, 0.3) is 0 Å². The standard InChI is InChI=1S/C6H7ClO/c1-2-3-4-6(8)5-7/h1H,3-5H2. The number of hydrogen-bond acceptors (Lipinski definition) is 1. The third kappa shape index (κ3) is 3.70. The molecule has 0 radical (unpaired) electrons. The van der Waals surface area contributed by atoms with Gasteiger partial charge in [-0.05, 0) is 0 Å². The van der Waals surface area contributed by atoms with Crippen LogP contribution in [0.1, 0.15) is 12.8 Å². The van der Waals surface area contributed by atoms with E-state index in [0.717, 1.165) is 0 Å². The van der Waals surface area contributed by atoms with Crippen LogP contribution in [0.3, 0.4) is 0 Å². The minimum Gasteiger partial charge on any atom is -0.298 e. The molecule has 0 amide bonds. The first-order valence-corrected chi connectivity index (χ1v) is 2.86. The highest BCUT2D eigenvalue weighted by atomic mass is 35.5. The summed E-state index contributed by atoms with van der Waals surface area (Å²) < 4.78 is 0. The highest BCUT2D eigenvalue weighted by Gasteiger charge is 1.94. The Morgan fingerprint density at radius 1 is 1.75 bits per heavy atom. The van der Waals surface area contributed by atoms with E-state index in [0.29, 0.717) is 12.8 Å². The van der Waals surface area contributed by atoms with Crippen LogP contribution >= 0.6 is 11.6 Å². The molecule has 0 fully saturated rings. The molecule has 44 valence electrons. The fourth-order valence-electron chi connectivity index (χ4n) is 0.278. The summed E-state index contributed by atoms with van der Waals surface area (Å²) in [5, 5.41) is 0. The molecule has 0 bridgehead atoms. The predicted molar refractivity (Wildman–Crippen MR) is 33.8 cm³/mol. The summed E-state index contributed by atoms with van der Waals surface area (Å²) in [6.07, 6.45) is 5.81. The van der Waals surface area contributed by atoms with E-state index < -0.39 is 0 Å². The maximum atomic E-state index is 10.3. The third-order valence-electron chi connectivity index (χ3n) is 0.697. The highest BCUT2D eigenvalue weighted by Crippen LogP contribution is 1.89. The van der Waals surface area contributed by atoms with Gasteiger partial charge in [0, 0.05) is 12.8 Å². The van der Waals surface area contributed by atoms with Crippen LogP contribution in [0, 0.1) is 12.3 Å². The zero-order chi connectivity index (χ0) is 6.41. The normalized spacial score (nSPS) is 8.00. The zero-order valence-electron chi connectivity index (χ0n) is 4.48. The van der Waals surface area contributed by atoms with Crippen molar-refractivity contribution >= 4 is 17.4 Å². The number of halogens is 1. The number of ketones is 1. The first-order valence-electron chi connectivity index (χ1n) is 2.32. The van der Waals surface area contributed by atoms with E-state index in [1.807, 2.05) is 0 Å². The van der Waals surface area contributed by atoms with Gasteiger partial charge in [-0.2, -0.15) is 0 Å². The predicted octanol–water partition coefficient (Wildman–Crippen LogP) is 1.21. The Bertz CT molecular complexity index is 112. The van der Waals surface area contributed by atoms with Crippen LogP contribution in [0.2, 0.25) is 0 Å². The fraction of sp³-hybridized carbons (Fsp3) is 0.500. The van der Waals surface area contributed by atoms with Crippen molar-refractivity contribution in [1.82, 2.24) is 0 Å². The maximum Gasteiger partial charge on any atom is 0.148 e. The van der Waals surface area contributed by atoms with Gasteiger partial charge in [0.05, 0.1) is 5.88 Å². The molecule has 0 rings (SSSR count). The highest BCUT2D eigenvalue weighted by molar-refractivity contribution is 6.27. The van der Waals surface area contributed by atoms with Crippen molar-refractivity contribution in [3.05, 3.63) is 0 Å². The van der Waals surface area contributed by atoms with Crippen molar-refractivity contribution in [2.75, 3.05) is 5.88 Å². The number of carbonyl (C=O) groups is 1. The second kappa shape index (κ2) is 4.67. The van der Waals surface area contributed by atoms with Gasteiger partial charge < -0.3 is 0 Å². The fourth-order valence-corrected chi connectivity index (χ4v) is 0.412. The molecule has 0 aromatic heterocycles. The number of terminal acetylenes is 1. The molecule has 0 saturated carbocycles. The lowest BCUT2D eigenvalue weighted by molar-refractivity contribution is -0.116. The molecule has 0 unspecified atom stereocenters. The number of rotatable bonds is 3. The SMILES string of the molecule is C#CCCC(=O)CCl. The van der Waals surface area contributed by atoms with Crippen molar-refractivity contribution in [2.45, 2.75) is 12.8 Å². The van der Waals surface area contributed by atoms with Gasteiger partial charge in [0.15, 0.2) is 0 Å². The monoisotopic (exact) mass is 130 g/mol. The quantitative estimate of drug-likeness (QED) is 0.415. The van der Waals surface area contributed by atoms with Crippen LogP contribution in [0.5, 0.6) is 0 Å². The summed E-state index contributed by atoms with van der Waals surface area (Å²) in [5.41, 5.74) is 0. The zero-order valence-corrected chi connectivity index (χ0v) is 5.24. The smallest absolute Gasteiger partial charge is 0.148 e.